The lowest BCUT2D eigenvalue weighted by atomic mass is 10.2. The lowest BCUT2D eigenvalue weighted by molar-refractivity contribution is -0.145. The van der Waals surface area contributed by atoms with Gasteiger partial charge in [-0.15, -0.1) is 0 Å². The molecule has 0 amide bonds. The third-order valence-electron chi connectivity index (χ3n) is 3.54. The minimum atomic E-state index is -0.543. The largest absolute Gasteiger partial charge is 0.465 e. The highest BCUT2D eigenvalue weighted by Crippen LogP contribution is 2.15. The molecule has 0 bridgehead atoms. The number of rotatable bonds is 5. The van der Waals surface area contributed by atoms with E-state index < -0.39 is 6.04 Å². The maximum absolute atomic E-state index is 11.5. The van der Waals surface area contributed by atoms with Crippen LogP contribution in [0.4, 0.5) is 5.69 Å². The van der Waals surface area contributed by atoms with Gasteiger partial charge in [0.2, 0.25) is 0 Å². The van der Waals surface area contributed by atoms with Crippen molar-refractivity contribution in [1.82, 2.24) is 4.90 Å². The van der Waals surface area contributed by atoms with Gasteiger partial charge in [0.1, 0.15) is 6.04 Å². The van der Waals surface area contributed by atoms with Crippen LogP contribution in [0.15, 0.2) is 30.3 Å². The molecule has 0 aliphatic carbocycles. The van der Waals surface area contributed by atoms with E-state index in [0.717, 1.165) is 26.2 Å². The number of para-hydroxylation sites is 1. The van der Waals surface area contributed by atoms with Gasteiger partial charge in [-0.05, 0) is 19.1 Å². The topological polar surface area (TPSA) is 58.8 Å². The van der Waals surface area contributed by atoms with E-state index >= 15 is 0 Å². The standard InChI is InChI=1S/C15H23N3O2/c1-2-20-15(19)14(16)12-17-8-10-18(11-9-17)13-6-4-3-5-7-13/h3-7,14H,2,8-12,16H2,1H3. The predicted octanol–water partition coefficient (Wildman–Crippen LogP) is 0.699. The Bertz CT molecular complexity index is 416. The fraction of sp³-hybridized carbons (Fsp3) is 0.533. The molecular formula is C15H23N3O2. The zero-order chi connectivity index (χ0) is 14.4. The average Bonchev–Trinajstić information content (AvgIpc) is 2.49. The molecule has 5 nitrogen and oxygen atoms in total. The summed E-state index contributed by atoms with van der Waals surface area (Å²) in [7, 11) is 0. The molecule has 1 aliphatic heterocycles. The van der Waals surface area contributed by atoms with Crippen LogP contribution in [-0.2, 0) is 9.53 Å². The summed E-state index contributed by atoms with van der Waals surface area (Å²) in [4.78, 5) is 16.1. The lowest BCUT2D eigenvalue weighted by Crippen LogP contribution is -2.51. The molecule has 1 fully saturated rings. The highest BCUT2D eigenvalue weighted by molar-refractivity contribution is 5.75. The molecule has 2 N–H and O–H groups in total. The monoisotopic (exact) mass is 277 g/mol. The van der Waals surface area contributed by atoms with Crippen LogP contribution in [0.5, 0.6) is 0 Å². The number of carbonyl (C=O) groups is 1. The van der Waals surface area contributed by atoms with Crippen molar-refractivity contribution < 1.29 is 9.53 Å². The fourth-order valence-corrected chi connectivity index (χ4v) is 2.43. The van der Waals surface area contributed by atoms with Crippen molar-refractivity contribution in [2.75, 3.05) is 44.2 Å². The van der Waals surface area contributed by atoms with Gasteiger partial charge in [0, 0.05) is 38.4 Å². The van der Waals surface area contributed by atoms with Crippen molar-refractivity contribution >= 4 is 11.7 Å². The van der Waals surface area contributed by atoms with Crippen LogP contribution in [0, 0.1) is 0 Å². The van der Waals surface area contributed by atoms with E-state index in [1.165, 1.54) is 5.69 Å². The first-order valence-corrected chi connectivity index (χ1v) is 7.15. The Kier molecular flexibility index (Phi) is 5.38. The molecular weight excluding hydrogens is 254 g/mol. The van der Waals surface area contributed by atoms with Gasteiger partial charge in [0.25, 0.3) is 0 Å². The summed E-state index contributed by atoms with van der Waals surface area (Å²) in [6.45, 7) is 6.50. The Labute approximate surface area is 120 Å². The molecule has 1 atom stereocenters. The van der Waals surface area contributed by atoms with Gasteiger partial charge in [0.15, 0.2) is 0 Å². The molecule has 0 aromatic heterocycles. The summed E-state index contributed by atoms with van der Waals surface area (Å²) >= 11 is 0. The van der Waals surface area contributed by atoms with E-state index in [4.69, 9.17) is 10.5 Å². The third kappa shape index (κ3) is 3.95. The van der Waals surface area contributed by atoms with Gasteiger partial charge in [-0.25, -0.2) is 0 Å². The first-order chi connectivity index (χ1) is 9.70. The number of piperazine rings is 1. The van der Waals surface area contributed by atoms with Crippen LogP contribution < -0.4 is 10.6 Å². The van der Waals surface area contributed by atoms with E-state index in [2.05, 4.69) is 34.1 Å². The number of hydrogen-bond donors (Lipinski definition) is 1. The Hall–Kier alpha value is -1.59. The molecule has 20 heavy (non-hydrogen) atoms. The maximum atomic E-state index is 11.5. The fourth-order valence-electron chi connectivity index (χ4n) is 2.43. The first-order valence-electron chi connectivity index (χ1n) is 7.15. The normalized spacial score (nSPS) is 17.8. The van der Waals surface area contributed by atoms with Gasteiger partial charge >= 0.3 is 5.97 Å². The summed E-state index contributed by atoms with van der Waals surface area (Å²) < 4.78 is 4.93. The molecule has 1 aliphatic rings. The zero-order valence-corrected chi connectivity index (χ0v) is 12.0. The number of carbonyl (C=O) groups excluding carboxylic acids is 1. The van der Waals surface area contributed by atoms with E-state index in [9.17, 15) is 4.79 Å². The maximum Gasteiger partial charge on any atom is 0.324 e. The van der Waals surface area contributed by atoms with Gasteiger partial charge in [-0.1, -0.05) is 18.2 Å². The molecule has 1 saturated heterocycles. The average molecular weight is 277 g/mol. The van der Waals surface area contributed by atoms with Crippen molar-refractivity contribution in [2.45, 2.75) is 13.0 Å². The van der Waals surface area contributed by atoms with Crippen LogP contribution in [-0.4, -0.2) is 56.2 Å². The highest BCUT2D eigenvalue weighted by Gasteiger charge is 2.22. The molecule has 110 valence electrons. The summed E-state index contributed by atoms with van der Waals surface area (Å²) in [6, 6.07) is 9.84. The van der Waals surface area contributed by atoms with E-state index in [1.807, 2.05) is 6.07 Å². The van der Waals surface area contributed by atoms with Crippen LogP contribution in [0.25, 0.3) is 0 Å². The number of benzene rings is 1. The van der Waals surface area contributed by atoms with Gasteiger partial charge in [-0.3, -0.25) is 9.69 Å². The minimum absolute atomic E-state index is 0.307. The second-order valence-corrected chi connectivity index (χ2v) is 4.98. The van der Waals surface area contributed by atoms with Crippen molar-refractivity contribution in [3.63, 3.8) is 0 Å². The quantitative estimate of drug-likeness (QED) is 0.803. The summed E-state index contributed by atoms with van der Waals surface area (Å²) in [5.41, 5.74) is 7.10. The lowest BCUT2D eigenvalue weighted by Gasteiger charge is -2.36. The molecule has 5 heteroatoms. The number of ether oxygens (including phenoxy) is 1. The zero-order valence-electron chi connectivity index (χ0n) is 12.0. The number of nitrogens with zero attached hydrogens (tertiary/aromatic N) is 2. The predicted molar refractivity (Wildman–Crippen MR) is 79.7 cm³/mol. The smallest absolute Gasteiger partial charge is 0.324 e. The van der Waals surface area contributed by atoms with Gasteiger partial charge in [0.05, 0.1) is 6.61 Å². The summed E-state index contributed by atoms with van der Waals surface area (Å²) in [6.07, 6.45) is 0. The molecule has 1 aromatic rings. The second kappa shape index (κ2) is 7.26. The van der Waals surface area contributed by atoms with E-state index in [0.29, 0.717) is 13.2 Å². The van der Waals surface area contributed by atoms with Crippen molar-refractivity contribution in [2.24, 2.45) is 5.73 Å². The number of esters is 1. The first kappa shape index (κ1) is 14.8. The SMILES string of the molecule is CCOC(=O)C(N)CN1CCN(c2ccccc2)CC1. The molecule has 1 unspecified atom stereocenters. The number of nitrogens with two attached hydrogens (primary N) is 1. The number of hydrogen-bond acceptors (Lipinski definition) is 5. The van der Waals surface area contributed by atoms with Crippen LogP contribution in [0.2, 0.25) is 0 Å². The van der Waals surface area contributed by atoms with Gasteiger partial charge in [-0.2, -0.15) is 0 Å². The van der Waals surface area contributed by atoms with Crippen molar-refractivity contribution in [3.8, 4) is 0 Å². The third-order valence-corrected chi connectivity index (χ3v) is 3.54. The molecule has 0 saturated carbocycles. The molecule has 1 aromatic carbocycles. The minimum Gasteiger partial charge on any atom is -0.465 e. The molecule has 0 spiro atoms. The highest BCUT2D eigenvalue weighted by atomic mass is 16.5. The van der Waals surface area contributed by atoms with E-state index in [1.54, 1.807) is 6.92 Å². The second-order valence-electron chi connectivity index (χ2n) is 4.98. The summed E-state index contributed by atoms with van der Waals surface area (Å²) in [5, 5.41) is 0. The van der Waals surface area contributed by atoms with Crippen molar-refractivity contribution in [3.05, 3.63) is 30.3 Å². The van der Waals surface area contributed by atoms with Gasteiger partial charge < -0.3 is 15.4 Å². The van der Waals surface area contributed by atoms with Crippen LogP contribution in [0.1, 0.15) is 6.92 Å². The Balaban J connectivity index is 1.78. The van der Waals surface area contributed by atoms with Crippen LogP contribution >= 0.6 is 0 Å². The van der Waals surface area contributed by atoms with E-state index in [-0.39, 0.29) is 5.97 Å². The number of anilines is 1. The molecule has 2 rings (SSSR count). The Morgan fingerprint density at radius 1 is 1.25 bits per heavy atom. The van der Waals surface area contributed by atoms with Crippen molar-refractivity contribution in [1.29, 1.82) is 0 Å². The molecule has 0 radical (unpaired) electrons. The Morgan fingerprint density at radius 3 is 2.50 bits per heavy atom. The summed E-state index contributed by atoms with van der Waals surface area (Å²) in [5.74, 6) is -0.307. The Morgan fingerprint density at radius 2 is 1.90 bits per heavy atom. The molecule has 1 heterocycles. The van der Waals surface area contributed by atoms with Crippen LogP contribution in [0.3, 0.4) is 0 Å².